The highest BCUT2D eigenvalue weighted by Crippen LogP contribution is 2.24. The Hall–Kier alpha value is -1.62. The Labute approximate surface area is 99.8 Å². The molecule has 0 amide bonds. The molecular formula is C12H16N4O. The highest BCUT2D eigenvalue weighted by Gasteiger charge is 2.21. The molecular weight excluding hydrogens is 216 g/mol. The lowest BCUT2D eigenvalue weighted by molar-refractivity contribution is 0.476. The van der Waals surface area contributed by atoms with Crippen LogP contribution in [0.3, 0.4) is 0 Å². The number of aromatic nitrogens is 3. The van der Waals surface area contributed by atoms with Crippen LogP contribution in [0.4, 0.5) is 0 Å². The topological polar surface area (TPSA) is 55.9 Å². The quantitative estimate of drug-likeness (QED) is 0.870. The zero-order valence-corrected chi connectivity index (χ0v) is 10.1. The Balaban J connectivity index is 1.76. The number of hydrogen-bond donors (Lipinski definition) is 1. The molecule has 0 saturated heterocycles. The predicted molar refractivity (Wildman–Crippen MR) is 63.3 cm³/mol. The molecule has 3 rings (SSSR count). The van der Waals surface area contributed by atoms with Gasteiger partial charge in [-0.05, 0) is 19.8 Å². The first-order valence-corrected chi connectivity index (χ1v) is 5.91. The number of nitrogens with zero attached hydrogens (tertiary/aromatic N) is 3. The summed E-state index contributed by atoms with van der Waals surface area (Å²) in [5.41, 5.74) is 1.98. The van der Waals surface area contributed by atoms with Crippen LogP contribution in [0.15, 0.2) is 16.8 Å². The predicted octanol–water partition coefficient (Wildman–Crippen LogP) is 1.64. The molecule has 1 aliphatic rings. The first-order chi connectivity index (χ1) is 8.22. The van der Waals surface area contributed by atoms with Crippen molar-refractivity contribution < 1.29 is 4.42 Å². The van der Waals surface area contributed by atoms with E-state index in [4.69, 9.17) is 4.42 Å². The minimum absolute atomic E-state index is 0.672. The zero-order chi connectivity index (χ0) is 11.8. The summed E-state index contributed by atoms with van der Waals surface area (Å²) < 4.78 is 7.50. The van der Waals surface area contributed by atoms with Crippen LogP contribution in [0.2, 0.25) is 0 Å². The van der Waals surface area contributed by atoms with Gasteiger partial charge >= 0.3 is 0 Å². The van der Waals surface area contributed by atoms with E-state index in [-0.39, 0.29) is 0 Å². The molecule has 5 heteroatoms. The SMILES string of the molecule is Cc1nn(C)cc1-c1cnc(CNC2CC2)o1. The maximum Gasteiger partial charge on any atom is 0.208 e. The average molecular weight is 232 g/mol. The molecule has 1 saturated carbocycles. The molecule has 2 heterocycles. The Kier molecular flexibility index (Phi) is 2.48. The van der Waals surface area contributed by atoms with Crippen LogP contribution in [0, 0.1) is 6.92 Å². The van der Waals surface area contributed by atoms with Gasteiger partial charge in [0, 0.05) is 19.3 Å². The van der Waals surface area contributed by atoms with Crippen molar-refractivity contribution in [2.45, 2.75) is 32.4 Å². The highest BCUT2D eigenvalue weighted by molar-refractivity contribution is 5.58. The number of oxazole rings is 1. The zero-order valence-electron chi connectivity index (χ0n) is 10.1. The fourth-order valence-corrected chi connectivity index (χ4v) is 1.88. The summed E-state index contributed by atoms with van der Waals surface area (Å²) in [6.07, 6.45) is 6.27. The summed E-state index contributed by atoms with van der Waals surface area (Å²) in [4.78, 5) is 4.28. The van der Waals surface area contributed by atoms with Crippen molar-refractivity contribution >= 4 is 0 Å². The summed E-state index contributed by atoms with van der Waals surface area (Å²) in [5, 5.41) is 7.67. The van der Waals surface area contributed by atoms with Crippen LogP contribution < -0.4 is 5.32 Å². The normalized spacial score (nSPS) is 15.4. The number of nitrogens with one attached hydrogen (secondary N) is 1. The largest absolute Gasteiger partial charge is 0.439 e. The summed E-state index contributed by atoms with van der Waals surface area (Å²) in [5.74, 6) is 1.54. The van der Waals surface area contributed by atoms with Gasteiger partial charge in [-0.2, -0.15) is 5.10 Å². The second kappa shape index (κ2) is 4.00. The molecule has 1 N–H and O–H groups in total. The highest BCUT2D eigenvalue weighted by atomic mass is 16.4. The van der Waals surface area contributed by atoms with Crippen LogP contribution in [-0.4, -0.2) is 20.8 Å². The lowest BCUT2D eigenvalue weighted by Gasteiger charge is -1.96. The van der Waals surface area contributed by atoms with E-state index >= 15 is 0 Å². The summed E-state index contributed by atoms with van der Waals surface area (Å²) in [6, 6.07) is 0.672. The fraction of sp³-hybridized carbons (Fsp3) is 0.500. The second-order valence-corrected chi connectivity index (χ2v) is 4.58. The van der Waals surface area contributed by atoms with E-state index in [2.05, 4.69) is 15.4 Å². The van der Waals surface area contributed by atoms with Crippen LogP contribution >= 0.6 is 0 Å². The molecule has 0 spiro atoms. The minimum atomic E-state index is 0.672. The van der Waals surface area contributed by atoms with Crippen LogP contribution in [0.25, 0.3) is 11.3 Å². The Morgan fingerprint density at radius 2 is 2.35 bits per heavy atom. The van der Waals surface area contributed by atoms with Crippen molar-refractivity contribution in [1.82, 2.24) is 20.1 Å². The van der Waals surface area contributed by atoms with Crippen molar-refractivity contribution in [3.63, 3.8) is 0 Å². The lowest BCUT2D eigenvalue weighted by Crippen LogP contribution is -2.15. The molecule has 0 unspecified atom stereocenters. The standard InChI is InChI=1S/C12H16N4O/c1-8-10(7-16(2)15-8)11-5-14-12(17-11)6-13-9-3-4-9/h5,7,9,13H,3-4,6H2,1-2H3. The Morgan fingerprint density at radius 3 is 3.00 bits per heavy atom. The van der Waals surface area contributed by atoms with Gasteiger partial charge in [0.05, 0.1) is 24.0 Å². The van der Waals surface area contributed by atoms with Gasteiger partial charge in [-0.15, -0.1) is 0 Å². The van der Waals surface area contributed by atoms with Gasteiger partial charge in [-0.1, -0.05) is 0 Å². The second-order valence-electron chi connectivity index (χ2n) is 4.58. The van der Waals surface area contributed by atoms with Crippen LogP contribution in [-0.2, 0) is 13.6 Å². The summed E-state index contributed by atoms with van der Waals surface area (Å²) in [7, 11) is 1.91. The van der Waals surface area contributed by atoms with Gasteiger partial charge in [0.15, 0.2) is 5.76 Å². The number of aryl methyl sites for hydroxylation is 2. The third-order valence-corrected chi connectivity index (χ3v) is 2.95. The molecule has 0 aliphatic heterocycles. The van der Waals surface area contributed by atoms with Crippen molar-refractivity contribution in [3.05, 3.63) is 24.0 Å². The number of hydrogen-bond acceptors (Lipinski definition) is 4. The molecule has 2 aromatic heterocycles. The van der Waals surface area contributed by atoms with Gasteiger partial charge < -0.3 is 9.73 Å². The van der Waals surface area contributed by atoms with E-state index in [1.54, 1.807) is 10.9 Å². The van der Waals surface area contributed by atoms with Crippen LogP contribution in [0.5, 0.6) is 0 Å². The molecule has 2 aromatic rings. The molecule has 5 nitrogen and oxygen atoms in total. The Bertz CT molecular complexity index is 524. The van der Waals surface area contributed by atoms with Crippen LogP contribution in [0.1, 0.15) is 24.4 Å². The molecule has 0 bridgehead atoms. The van der Waals surface area contributed by atoms with Crippen molar-refractivity contribution in [2.24, 2.45) is 7.05 Å². The van der Waals surface area contributed by atoms with Gasteiger partial charge in [0.2, 0.25) is 5.89 Å². The maximum absolute atomic E-state index is 5.72. The first kappa shape index (κ1) is 10.5. The minimum Gasteiger partial charge on any atom is -0.439 e. The van der Waals surface area contributed by atoms with E-state index in [1.165, 1.54) is 12.8 Å². The molecule has 0 aromatic carbocycles. The molecule has 17 heavy (non-hydrogen) atoms. The van der Waals surface area contributed by atoms with Crippen molar-refractivity contribution in [3.8, 4) is 11.3 Å². The van der Waals surface area contributed by atoms with Gasteiger partial charge in [-0.25, -0.2) is 4.98 Å². The molecule has 90 valence electrons. The third-order valence-electron chi connectivity index (χ3n) is 2.95. The number of rotatable bonds is 4. The third kappa shape index (κ3) is 2.24. The summed E-state index contributed by atoms with van der Waals surface area (Å²) >= 11 is 0. The monoisotopic (exact) mass is 232 g/mol. The van der Waals surface area contributed by atoms with E-state index in [9.17, 15) is 0 Å². The van der Waals surface area contributed by atoms with E-state index in [1.807, 2.05) is 20.2 Å². The van der Waals surface area contributed by atoms with Crippen molar-refractivity contribution in [1.29, 1.82) is 0 Å². The van der Waals surface area contributed by atoms with E-state index < -0.39 is 0 Å². The Morgan fingerprint density at radius 1 is 1.53 bits per heavy atom. The summed E-state index contributed by atoms with van der Waals surface area (Å²) in [6.45, 7) is 2.68. The maximum atomic E-state index is 5.72. The molecule has 0 radical (unpaired) electrons. The first-order valence-electron chi connectivity index (χ1n) is 5.91. The fourth-order valence-electron chi connectivity index (χ4n) is 1.88. The van der Waals surface area contributed by atoms with Crippen molar-refractivity contribution in [2.75, 3.05) is 0 Å². The van der Waals surface area contributed by atoms with E-state index in [0.29, 0.717) is 12.6 Å². The molecule has 1 aliphatic carbocycles. The van der Waals surface area contributed by atoms with Gasteiger partial charge in [0.1, 0.15) is 0 Å². The lowest BCUT2D eigenvalue weighted by atomic mass is 10.2. The smallest absolute Gasteiger partial charge is 0.208 e. The van der Waals surface area contributed by atoms with Gasteiger partial charge in [0.25, 0.3) is 0 Å². The molecule has 0 atom stereocenters. The average Bonchev–Trinajstić information content (AvgIpc) is 2.90. The van der Waals surface area contributed by atoms with Gasteiger partial charge in [-0.3, -0.25) is 4.68 Å². The van der Waals surface area contributed by atoms with E-state index in [0.717, 1.165) is 22.9 Å². The molecule has 1 fully saturated rings.